The number of carbonyl (C=O) groups is 4. The van der Waals surface area contributed by atoms with Crippen molar-refractivity contribution in [1.82, 2.24) is 50.2 Å². The third kappa shape index (κ3) is 9.92. The number of aryl methyl sites for hydroxylation is 3. The maximum absolute atomic E-state index is 15.2. The number of amides is 4. The number of nitrogens with zero attached hydrogens (tertiary/aromatic N) is 9. The van der Waals surface area contributed by atoms with Gasteiger partial charge in [0.15, 0.2) is 5.82 Å². The maximum Gasteiger partial charge on any atom is 0.227 e. The summed E-state index contributed by atoms with van der Waals surface area (Å²) in [6, 6.07) is 10.1. The van der Waals surface area contributed by atoms with Crippen LogP contribution in [0.4, 0.5) is 0 Å². The fraction of sp³-hybridized carbons (Fsp3) is 0.528. The summed E-state index contributed by atoms with van der Waals surface area (Å²) in [4.78, 5) is 66.9. The van der Waals surface area contributed by atoms with Gasteiger partial charge < -0.3 is 29.9 Å². The summed E-state index contributed by atoms with van der Waals surface area (Å²) in [6.07, 6.45) is 5.88. The summed E-state index contributed by atoms with van der Waals surface area (Å²) in [5.74, 6) is 0.900. The van der Waals surface area contributed by atoms with Crippen molar-refractivity contribution in [2.45, 2.75) is 111 Å². The second-order valence-electron chi connectivity index (χ2n) is 20.8. The number of hydrogen-bond donors (Lipinski definition) is 2. The molecule has 1 saturated heterocycles. The maximum atomic E-state index is 15.2. The summed E-state index contributed by atoms with van der Waals surface area (Å²) in [5, 5.41) is 25.6. The highest BCUT2D eigenvalue weighted by Gasteiger charge is 2.54. The van der Waals surface area contributed by atoms with E-state index >= 15 is 4.79 Å². The van der Waals surface area contributed by atoms with Crippen molar-refractivity contribution in [3.8, 4) is 10.8 Å². The van der Waals surface area contributed by atoms with Crippen LogP contribution >= 0.6 is 34.5 Å². The fourth-order valence-electron chi connectivity index (χ4n) is 11.3. The summed E-state index contributed by atoms with van der Waals surface area (Å²) >= 11 is 14.9. The van der Waals surface area contributed by atoms with Gasteiger partial charge in [0.25, 0.3) is 0 Å². The van der Waals surface area contributed by atoms with E-state index in [1.807, 2.05) is 78.6 Å². The van der Waals surface area contributed by atoms with Gasteiger partial charge in [-0.3, -0.25) is 33.4 Å². The Morgan fingerprint density at radius 2 is 1.71 bits per heavy atom. The smallest absolute Gasteiger partial charge is 0.227 e. The van der Waals surface area contributed by atoms with Crippen molar-refractivity contribution >= 4 is 63.9 Å². The number of carbonyl (C=O) groups excluding carboxylic acids is 4. The predicted molar refractivity (Wildman–Crippen MR) is 277 cm³/mol. The van der Waals surface area contributed by atoms with Crippen molar-refractivity contribution in [3.05, 3.63) is 102 Å². The lowest BCUT2D eigenvalue weighted by Crippen LogP contribution is -2.55. The molecule has 386 valence electrons. The molecule has 4 atom stereocenters. The second-order valence-corrected chi connectivity index (χ2v) is 22.8. The molecule has 2 aliphatic carbocycles. The van der Waals surface area contributed by atoms with Gasteiger partial charge in [0.1, 0.15) is 34.9 Å². The second kappa shape index (κ2) is 20.6. The first-order valence-electron chi connectivity index (χ1n) is 25.4. The minimum absolute atomic E-state index is 0.0320. The standard InChI is InChI=1S/C53H63Cl2N11O6S/c1-30-32(3)73-50-45(30)47(34-10-12-35(54)13-11-34)58-39(48-61-59-33(4)66(48)50)25-43(67)56-20-23-71-24-21-57-51(70)52(5)17-8-7-9-37(52)49(69)65-22-16-36-38(55)14-15-42(72-28-40-31(2)63(6)62-60-40)46(36)41(65)27-64-29-53(18-19-53)26-44(64)68/h10-15,37,39,41H,7-9,16-29H2,1-6H3,(H,56,67)(H,57,70)/t37-,39-,41+,52-/m0/s1. The monoisotopic (exact) mass is 1050 g/mol. The molecule has 1 spiro atoms. The number of likely N-dealkylation sites (tertiary alicyclic amines) is 1. The van der Waals surface area contributed by atoms with Crippen LogP contribution in [0.1, 0.15) is 126 Å². The Labute approximate surface area is 439 Å². The van der Waals surface area contributed by atoms with Gasteiger partial charge in [-0.05, 0) is 108 Å². The molecule has 2 saturated carbocycles. The molecule has 3 aromatic heterocycles. The van der Waals surface area contributed by atoms with Crippen molar-refractivity contribution in [3.63, 3.8) is 0 Å². The number of aliphatic imine (C=N–C) groups is 1. The van der Waals surface area contributed by atoms with E-state index in [4.69, 9.17) is 37.7 Å². The van der Waals surface area contributed by atoms with E-state index in [9.17, 15) is 14.4 Å². The quantitative estimate of drug-likeness (QED) is 0.0940. The van der Waals surface area contributed by atoms with Crippen molar-refractivity contribution < 1.29 is 28.7 Å². The molecule has 2 aromatic carbocycles. The van der Waals surface area contributed by atoms with Gasteiger partial charge in [-0.15, -0.1) is 26.6 Å². The van der Waals surface area contributed by atoms with Crippen LogP contribution in [0.2, 0.25) is 10.0 Å². The first-order chi connectivity index (χ1) is 35.1. The molecule has 6 heterocycles. The molecule has 20 heteroatoms. The van der Waals surface area contributed by atoms with Crippen LogP contribution in [0.15, 0.2) is 41.4 Å². The lowest BCUT2D eigenvalue weighted by Gasteiger charge is -2.46. The zero-order valence-electron chi connectivity index (χ0n) is 42.4. The Bertz CT molecular complexity index is 3000. The molecule has 2 N–H and O–H groups in total. The first-order valence-corrected chi connectivity index (χ1v) is 27.0. The molecule has 5 aromatic rings. The van der Waals surface area contributed by atoms with Crippen LogP contribution in [0.3, 0.4) is 0 Å². The zero-order chi connectivity index (χ0) is 51.3. The van der Waals surface area contributed by atoms with Gasteiger partial charge in [0.2, 0.25) is 23.6 Å². The summed E-state index contributed by atoms with van der Waals surface area (Å²) in [5.41, 5.74) is 6.11. The minimum atomic E-state index is -0.980. The number of rotatable bonds is 16. The van der Waals surface area contributed by atoms with Gasteiger partial charge in [0, 0.05) is 77.8 Å². The number of hydrogen-bond acceptors (Lipinski definition) is 12. The van der Waals surface area contributed by atoms with E-state index in [0.29, 0.717) is 78.5 Å². The predicted octanol–water partition coefficient (Wildman–Crippen LogP) is 7.44. The van der Waals surface area contributed by atoms with Crippen LogP contribution in [-0.4, -0.2) is 115 Å². The molecule has 3 fully saturated rings. The number of nitrogens with one attached hydrogen (secondary N) is 2. The van der Waals surface area contributed by atoms with Gasteiger partial charge in [-0.25, -0.2) is 0 Å². The molecule has 0 unspecified atom stereocenters. The number of thiophene rings is 1. The first kappa shape index (κ1) is 50.8. The molecule has 5 aliphatic rings. The topological polar surface area (TPSA) is 191 Å². The van der Waals surface area contributed by atoms with Crippen LogP contribution in [0.25, 0.3) is 5.00 Å². The van der Waals surface area contributed by atoms with E-state index in [2.05, 4.69) is 45.0 Å². The summed E-state index contributed by atoms with van der Waals surface area (Å²) in [7, 11) is 1.83. The van der Waals surface area contributed by atoms with Gasteiger partial charge >= 0.3 is 0 Å². The summed E-state index contributed by atoms with van der Waals surface area (Å²) in [6.45, 7) is 12.4. The highest BCUT2D eigenvalue weighted by Crippen LogP contribution is 2.54. The van der Waals surface area contributed by atoms with Crippen molar-refractivity contribution in [2.75, 3.05) is 45.9 Å². The Kier molecular flexibility index (Phi) is 14.3. The number of ether oxygens (including phenoxy) is 2. The van der Waals surface area contributed by atoms with Gasteiger partial charge in [0.05, 0.1) is 48.4 Å². The third-order valence-corrected chi connectivity index (χ3v) is 17.8. The number of benzene rings is 2. The Balaban J connectivity index is 0.773. The molecular formula is C53H63Cl2N11O6S. The average molecular weight is 1050 g/mol. The lowest BCUT2D eigenvalue weighted by atomic mass is 9.66. The van der Waals surface area contributed by atoms with Crippen molar-refractivity contribution in [2.24, 2.45) is 28.8 Å². The molecule has 17 nitrogen and oxygen atoms in total. The van der Waals surface area contributed by atoms with Gasteiger partial charge in [-0.2, -0.15) is 0 Å². The number of fused-ring (bicyclic) bond motifs is 4. The highest BCUT2D eigenvalue weighted by atomic mass is 35.5. The molecule has 10 rings (SSSR count). The van der Waals surface area contributed by atoms with Crippen LogP contribution in [0.5, 0.6) is 5.75 Å². The average Bonchev–Trinajstić information content (AvgIpc) is 3.60. The van der Waals surface area contributed by atoms with E-state index in [-0.39, 0.29) is 68.4 Å². The highest BCUT2D eigenvalue weighted by molar-refractivity contribution is 7.15. The van der Waals surface area contributed by atoms with Crippen molar-refractivity contribution in [1.29, 1.82) is 0 Å². The van der Waals surface area contributed by atoms with Crippen LogP contribution in [-0.2, 0) is 44.0 Å². The summed E-state index contributed by atoms with van der Waals surface area (Å²) < 4.78 is 16.2. The van der Waals surface area contributed by atoms with Crippen LogP contribution < -0.4 is 15.4 Å². The SMILES string of the molecule is Cc1sc2c(c1C)C(c1ccc(Cl)cc1)=N[C@@H](CC(=O)NCCOCCNC(=O)[C@@]1(C)CCCC[C@H]1C(=O)N1CCc3c(Cl)ccc(OCc4nnn(C)c4C)c3[C@H]1CN1CC3(CC3)CC1=O)c1nnc(C)n1-2. The molecule has 0 bridgehead atoms. The Morgan fingerprint density at radius 3 is 2.44 bits per heavy atom. The molecule has 73 heavy (non-hydrogen) atoms. The molecule has 4 amide bonds. The molecule has 3 aliphatic heterocycles. The Hall–Kier alpha value is -5.69. The third-order valence-electron chi connectivity index (χ3n) is 16.0. The Morgan fingerprint density at radius 1 is 0.945 bits per heavy atom. The zero-order valence-corrected chi connectivity index (χ0v) is 44.7. The van der Waals surface area contributed by atoms with E-state index < -0.39 is 23.4 Å². The largest absolute Gasteiger partial charge is 0.487 e. The van der Waals surface area contributed by atoms with E-state index in [0.717, 1.165) is 74.8 Å². The minimum Gasteiger partial charge on any atom is -0.487 e. The fourth-order valence-corrected chi connectivity index (χ4v) is 12.9. The lowest BCUT2D eigenvalue weighted by molar-refractivity contribution is -0.153. The van der Waals surface area contributed by atoms with E-state index in [1.54, 1.807) is 16.0 Å². The molecular weight excluding hydrogens is 990 g/mol. The van der Waals surface area contributed by atoms with E-state index in [1.165, 1.54) is 0 Å². The van der Waals surface area contributed by atoms with Crippen LogP contribution in [0, 0.1) is 44.4 Å². The van der Waals surface area contributed by atoms with Gasteiger partial charge in [-0.1, -0.05) is 53.4 Å². The number of aromatic nitrogens is 6. The number of halogens is 2. The molecule has 0 radical (unpaired) electrons. The normalized spacial score (nSPS) is 21.8.